The number of carbonyl (C=O) groups excluding carboxylic acids is 1. The van der Waals surface area contributed by atoms with Crippen LogP contribution in [0.25, 0.3) is 0 Å². The summed E-state index contributed by atoms with van der Waals surface area (Å²) in [7, 11) is 0. The number of nitrogens with one attached hydrogen (secondary N) is 1. The minimum Gasteiger partial charge on any atom is -0.480 e. The zero-order valence-electron chi connectivity index (χ0n) is 11.7. The number of benzene rings is 1. The third-order valence-electron chi connectivity index (χ3n) is 2.79. The van der Waals surface area contributed by atoms with Crippen LogP contribution in [0.2, 0.25) is 5.02 Å². The monoisotopic (exact) mass is 316 g/mol. The highest BCUT2D eigenvalue weighted by Gasteiger charge is 2.15. The molecule has 0 bridgehead atoms. The number of hydrogen-bond acceptors (Lipinski definition) is 3. The van der Waals surface area contributed by atoms with E-state index in [1.807, 2.05) is 6.92 Å². The van der Waals surface area contributed by atoms with Crippen LogP contribution in [0.1, 0.15) is 18.9 Å². The molecule has 1 aromatic rings. The van der Waals surface area contributed by atoms with Crippen LogP contribution in [0.4, 0.5) is 4.39 Å². The Morgan fingerprint density at radius 1 is 1.43 bits per heavy atom. The summed E-state index contributed by atoms with van der Waals surface area (Å²) >= 11 is 5.97. The van der Waals surface area contributed by atoms with Crippen LogP contribution >= 0.6 is 11.6 Å². The van der Waals surface area contributed by atoms with Crippen molar-refractivity contribution in [2.24, 2.45) is 0 Å². The Morgan fingerprint density at radius 2 is 2.14 bits per heavy atom. The molecule has 0 aliphatic rings. The fourth-order valence-electron chi connectivity index (χ4n) is 1.87. The van der Waals surface area contributed by atoms with Gasteiger partial charge >= 0.3 is 5.97 Å². The first-order valence-electron chi connectivity index (χ1n) is 6.57. The number of nitrogens with zero attached hydrogens (tertiary/aromatic N) is 1. The second-order valence-corrected chi connectivity index (χ2v) is 4.99. The largest absolute Gasteiger partial charge is 0.480 e. The van der Waals surface area contributed by atoms with Crippen LogP contribution in [0, 0.1) is 5.82 Å². The Hall–Kier alpha value is -1.66. The summed E-state index contributed by atoms with van der Waals surface area (Å²) < 4.78 is 13.8. The molecule has 21 heavy (non-hydrogen) atoms. The Labute approximate surface area is 127 Å². The van der Waals surface area contributed by atoms with Gasteiger partial charge in [-0.3, -0.25) is 14.5 Å². The second-order valence-electron chi connectivity index (χ2n) is 4.58. The minimum atomic E-state index is -1.11. The van der Waals surface area contributed by atoms with Crippen LogP contribution in [0.5, 0.6) is 0 Å². The third kappa shape index (κ3) is 6.10. The van der Waals surface area contributed by atoms with Crippen molar-refractivity contribution in [3.05, 3.63) is 34.6 Å². The molecule has 0 aliphatic carbocycles. The Kier molecular flexibility index (Phi) is 7.11. The fourth-order valence-corrected chi connectivity index (χ4v) is 2.09. The molecule has 7 heteroatoms. The van der Waals surface area contributed by atoms with E-state index in [0.717, 1.165) is 6.42 Å². The molecule has 5 nitrogen and oxygen atoms in total. The van der Waals surface area contributed by atoms with E-state index < -0.39 is 24.2 Å². The molecule has 0 saturated heterocycles. The highest BCUT2D eigenvalue weighted by atomic mass is 35.5. The van der Waals surface area contributed by atoms with Gasteiger partial charge in [0.05, 0.1) is 6.54 Å². The lowest BCUT2D eigenvalue weighted by atomic mass is 10.2. The first kappa shape index (κ1) is 17.4. The molecule has 0 saturated carbocycles. The van der Waals surface area contributed by atoms with Crippen LogP contribution in [-0.2, 0) is 16.1 Å². The van der Waals surface area contributed by atoms with Crippen molar-refractivity contribution in [1.29, 1.82) is 0 Å². The van der Waals surface area contributed by atoms with Crippen molar-refractivity contribution in [2.45, 2.75) is 19.9 Å². The predicted octanol–water partition coefficient (Wildman–Crippen LogP) is 1.89. The first-order valence-corrected chi connectivity index (χ1v) is 6.95. The number of carbonyl (C=O) groups is 2. The van der Waals surface area contributed by atoms with Gasteiger partial charge in [0.15, 0.2) is 0 Å². The van der Waals surface area contributed by atoms with Gasteiger partial charge in [-0.2, -0.15) is 0 Å². The van der Waals surface area contributed by atoms with E-state index in [1.54, 1.807) is 11.0 Å². The van der Waals surface area contributed by atoms with E-state index in [2.05, 4.69) is 5.32 Å². The average molecular weight is 317 g/mol. The summed E-state index contributed by atoms with van der Waals surface area (Å²) in [5, 5.41) is 11.1. The lowest BCUT2D eigenvalue weighted by Gasteiger charge is -2.21. The van der Waals surface area contributed by atoms with Gasteiger partial charge in [0, 0.05) is 17.1 Å². The molecule has 0 atom stereocenters. The quantitative estimate of drug-likeness (QED) is 0.768. The molecule has 2 N–H and O–H groups in total. The van der Waals surface area contributed by atoms with Crippen LogP contribution in [0.15, 0.2) is 18.2 Å². The molecular weight excluding hydrogens is 299 g/mol. The smallest absolute Gasteiger partial charge is 0.322 e. The average Bonchev–Trinajstić information content (AvgIpc) is 2.41. The zero-order chi connectivity index (χ0) is 15.8. The summed E-state index contributed by atoms with van der Waals surface area (Å²) in [4.78, 5) is 23.8. The van der Waals surface area contributed by atoms with Gasteiger partial charge in [-0.05, 0) is 25.1 Å². The lowest BCUT2D eigenvalue weighted by molar-refractivity contribution is -0.138. The zero-order valence-corrected chi connectivity index (χ0v) is 12.5. The SMILES string of the molecule is CCCN(CC(=O)NCC(=O)O)Cc1c(F)cccc1Cl. The fraction of sp³-hybridized carbons (Fsp3) is 0.429. The third-order valence-corrected chi connectivity index (χ3v) is 3.14. The van der Waals surface area contributed by atoms with E-state index in [4.69, 9.17) is 16.7 Å². The van der Waals surface area contributed by atoms with E-state index in [1.165, 1.54) is 12.1 Å². The number of carboxylic acids is 1. The Morgan fingerprint density at radius 3 is 2.71 bits per heavy atom. The summed E-state index contributed by atoms with van der Waals surface area (Å²) in [6, 6.07) is 4.43. The van der Waals surface area contributed by atoms with Crippen molar-refractivity contribution >= 4 is 23.5 Å². The normalized spacial score (nSPS) is 10.7. The molecule has 0 aromatic heterocycles. The van der Waals surface area contributed by atoms with Crippen LogP contribution in [-0.4, -0.2) is 41.5 Å². The topological polar surface area (TPSA) is 69.6 Å². The van der Waals surface area contributed by atoms with Gasteiger partial charge in [0.25, 0.3) is 0 Å². The maximum Gasteiger partial charge on any atom is 0.322 e. The second kappa shape index (κ2) is 8.59. The molecule has 1 aromatic carbocycles. The number of carboxylic acid groups (broad SMARTS) is 1. The Bertz CT molecular complexity index is 491. The van der Waals surface area contributed by atoms with Gasteiger partial charge in [-0.25, -0.2) is 4.39 Å². The number of halogens is 2. The van der Waals surface area contributed by atoms with Crippen molar-refractivity contribution in [3.63, 3.8) is 0 Å². The molecule has 0 spiro atoms. The van der Waals surface area contributed by atoms with E-state index in [-0.39, 0.29) is 13.1 Å². The summed E-state index contributed by atoms with van der Waals surface area (Å²) in [5.74, 6) is -1.95. The molecule has 0 radical (unpaired) electrons. The first-order chi connectivity index (χ1) is 9.93. The minimum absolute atomic E-state index is 0.00815. The highest BCUT2D eigenvalue weighted by molar-refractivity contribution is 6.31. The van der Waals surface area contributed by atoms with Gasteiger partial charge in [-0.15, -0.1) is 0 Å². The standard InChI is InChI=1S/C14H18ClFN2O3/c1-2-6-18(9-13(19)17-7-14(20)21)8-10-11(15)4-3-5-12(10)16/h3-5H,2,6-9H2,1H3,(H,17,19)(H,20,21). The van der Waals surface area contributed by atoms with Gasteiger partial charge in [-0.1, -0.05) is 24.6 Å². The van der Waals surface area contributed by atoms with Crippen molar-refractivity contribution < 1.29 is 19.1 Å². The van der Waals surface area contributed by atoms with Gasteiger partial charge < -0.3 is 10.4 Å². The number of rotatable bonds is 8. The Balaban J connectivity index is 2.69. The number of amides is 1. The molecule has 0 fully saturated rings. The summed E-state index contributed by atoms with van der Waals surface area (Å²) in [5.41, 5.74) is 0.332. The summed E-state index contributed by atoms with van der Waals surface area (Å²) in [6.07, 6.45) is 0.776. The summed E-state index contributed by atoms with van der Waals surface area (Å²) in [6.45, 7) is 2.27. The number of hydrogen-bond donors (Lipinski definition) is 2. The molecule has 116 valence electrons. The van der Waals surface area contributed by atoms with E-state index >= 15 is 0 Å². The lowest BCUT2D eigenvalue weighted by Crippen LogP contribution is -2.39. The molecule has 1 amide bonds. The molecule has 1 rings (SSSR count). The molecule has 0 aliphatic heterocycles. The number of aliphatic carboxylic acids is 1. The van der Waals surface area contributed by atoms with Gasteiger partial charge in [0.1, 0.15) is 12.4 Å². The predicted molar refractivity (Wildman–Crippen MR) is 77.6 cm³/mol. The van der Waals surface area contributed by atoms with Crippen molar-refractivity contribution in [1.82, 2.24) is 10.2 Å². The van der Waals surface area contributed by atoms with Crippen molar-refractivity contribution in [3.8, 4) is 0 Å². The molecule has 0 heterocycles. The van der Waals surface area contributed by atoms with Crippen LogP contribution < -0.4 is 5.32 Å². The highest BCUT2D eigenvalue weighted by Crippen LogP contribution is 2.20. The maximum atomic E-state index is 13.8. The van der Waals surface area contributed by atoms with Gasteiger partial charge in [0.2, 0.25) is 5.91 Å². The van der Waals surface area contributed by atoms with Crippen molar-refractivity contribution in [2.75, 3.05) is 19.6 Å². The van der Waals surface area contributed by atoms with E-state index in [0.29, 0.717) is 17.1 Å². The maximum absolute atomic E-state index is 13.8. The van der Waals surface area contributed by atoms with E-state index in [9.17, 15) is 14.0 Å². The van der Waals surface area contributed by atoms with Crippen LogP contribution in [0.3, 0.4) is 0 Å². The molecule has 0 unspecified atom stereocenters. The molecular formula is C14H18ClFN2O3.